The van der Waals surface area contributed by atoms with E-state index in [0.717, 1.165) is 11.1 Å². The molecule has 4 nitrogen and oxygen atoms in total. The van der Waals surface area contributed by atoms with E-state index in [4.69, 9.17) is 4.74 Å². The van der Waals surface area contributed by atoms with E-state index in [0.29, 0.717) is 19.4 Å². The molecule has 1 aromatic rings. The predicted octanol–water partition coefficient (Wildman–Crippen LogP) is 3.79. The maximum absolute atomic E-state index is 10.8. The second-order valence-electron chi connectivity index (χ2n) is 9.38. The first-order valence-corrected chi connectivity index (χ1v) is 9.83. The Morgan fingerprint density at radius 1 is 1.04 bits per heavy atom. The molecule has 4 heteroatoms. The van der Waals surface area contributed by atoms with Gasteiger partial charge in [0.15, 0.2) is 0 Å². The molecule has 1 aliphatic heterocycles. The summed E-state index contributed by atoms with van der Waals surface area (Å²) in [6.45, 7) is 15.3. The zero-order valence-electron chi connectivity index (χ0n) is 17.5. The molecule has 26 heavy (non-hydrogen) atoms. The summed E-state index contributed by atoms with van der Waals surface area (Å²) in [6, 6.07) is 6.44. The summed E-state index contributed by atoms with van der Waals surface area (Å²) in [5, 5.41) is 24.1. The van der Waals surface area contributed by atoms with Crippen molar-refractivity contribution in [2.45, 2.75) is 90.0 Å². The highest BCUT2D eigenvalue weighted by Gasteiger charge is 2.40. The van der Waals surface area contributed by atoms with Crippen LogP contribution < -0.4 is 5.32 Å². The van der Waals surface area contributed by atoms with Gasteiger partial charge in [-0.1, -0.05) is 66.7 Å². The quantitative estimate of drug-likeness (QED) is 0.719. The molecule has 0 saturated carbocycles. The Bertz CT molecular complexity index is 614. The summed E-state index contributed by atoms with van der Waals surface area (Å²) in [6.07, 6.45) is 1.16. The highest BCUT2D eigenvalue weighted by atomic mass is 16.5. The van der Waals surface area contributed by atoms with Gasteiger partial charge in [0.05, 0.1) is 24.9 Å². The number of benzene rings is 1. The number of nitrogens with one attached hydrogen (secondary N) is 1. The van der Waals surface area contributed by atoms with Crippen molar-refractivity contribution in [2.24, 2.45) is 0 Å². The van der Waals surface area contributed by atoms with E-state index in [2.05, 4.69) is 58.1 Å². The van der Waals surface area contributed by atoms with Gasteiger partial charge < -0.3 is 14.9 Å². The Kier molecular flexibility index (Phi) is 6.23. The van der Waals surface area contributed by atoms with E-state index >= 15 is 0 Å². The minimum atomic E-state index is -0.746. The lowest BCUT2D eigenvalue weighted by atomic mass is 9.79. The Labute approximate surface area is 159 Å². The van der Waals surface area contributed by atoms with E-state index < -0.39 is 5.60 Å². The van der Waals surface area contributed by atoms with Crippen LogP contribution in [0.25, 0.3) is 0 Å². The summed E-state index contributed by atoms with van der Waals surface area (Å²) in [5.41, 5.74) is 2.33. The van der Waals surface area contributed by atoms with Crippen LogP contribution in [0.2, 0.25) is 0 Å². The summed E-state index contributed by atoms with van der Waals surface area (Å²) in [5.74, 6) is 0. The van der Waals surface area contributed by atoms with Crippen LogP contribution in [0.3, 0.4) is 0 Å². The standard InChI is InChI=1S/C22H37NO3/c1-8-22(25,9-2)18-13-26-19(23-18)15-10-16(20(3,4)5)12-17(11-15)21(6,7)14-24/h10-12,18-19,23-25H,8-9,13-14H2,1-7H3/t18-,19-/m0/s1. The first-order chi connectivity index (χ1) is 12.0. The first kappa shape index (κ1) is 21.4. The average molecular weight is 364 g/mol. The zero-order chi connectivity index (χ0) is 19.8. The molecular weight excluding hydrogens is 326 g/mol. The number of hydrogen-bond donors (Lipinski definition) is 3. The molecule has 1 aliphatic rings. The lowest BCUT2D eigenvalue weighted by Crippen LogP contribution is -2.48. The second kappa shape index (κ2) is 7.59. The number of aliphatic hydroxyl groups is 2. The fourth-order valence-corrected chi connectivity index (χ4v) is 3.43. The molecular formula is C22H37NO3. The van der Waals surface area contributed by atoms with Crippen molar-refractivity contribution in [3.63, 3.8) is 0 Å². The van der Waals surface area contributed by atoms with E-state index in [1.165, 1.54) is 5.56 Å². The van der Waals surface area contributed by atoms with Crippen LogP contribution in [0.1, 0.15) is 84.2 Å². The van der Waals surface area contributed by atoms with Crippen molar-refractivity contribution >= 4 is 0 Å². The van der Waals surface area contributed by atoms with Crippen LogP contribution in [0, 0.1) is 0 Å². The van der Waals surface area contributed by atoms with Gasteiger partial charge in [-0.15, -0.1) is 0 Å². The van der Waals surface area contributed by atoms with Crippen LogP contribution in [0.5, 0.6) is 0 Å². The highest BCUT2D eigenvalue weighted by molar-refractivity contribution is 5.39. The third kappa shape index (κ3) is 4.30. The third-order valence-corrected chi connectivity index (χ3v) is 5.96. The lowest BCUT2D eigenvalue weighted by molar-refractivity contribution is -0.00292. The Morgan fingerprint density at radius 2 is 1.62 bits per heavy atom. The minimum Gasteiger partial charge on any atom is -0.395 e. The highest BCUT2D eigenvalue weighted by Crippen LogP contribution is 2.35. The van der Waals surface area contributed by atoms with E-state index in [1.54, 1.807) is 0 Å². The van der Waals surface area contributed by atoms with Crippen LogP contribution in [-0.4, -0.2) is 35.1 Å². The molecule has 1 fully saturated rings. The van der Waals surface area contributed by atoms with E-state index in [1.807, 2.05) is 13.8 Å². The molecule has 0 unspecified atom stereocenters. The molecule has 0 aliphatic carbocycles. The number of rotatable bonds is 6. The molecule has 0 amide bonds. The Morgan fingerprint density at radius 3 is 2.12 bits per heavy atom. The van der Waals surface area contributed by atoms with Crippen molar-refractivity contribution in [2.75, 3.05) is 13.2 Å². The summed E-state index contributed by atoms with van der Waals surface area (Å²) >= 11 is 0. The number of aliphatic hydroxyl groups excluding tert-OH is 1. The fraction of sp³-hybridized carbons (Fsp3) is 0.727. The van der Waals surface area contributed by atoms with Gasteiger partial charge in [-0.2, -0.15) is 0 Å². The molecule has 0 radical (unpaired) electrons. The molecule has 2 atom stereocenters. The lowest BCUT2D eigenvalue weighted by Gasteiger charge is -2.32. The molecule has 1 aromatic carbocycles. The molecule has 3 N–H and O–H groups in total. The van der Waals surface area contributed by atoms with Crippen LogP contribution in [0.4, 0.5) is 0 Å². The largest absolute Gasteiger partial charge is 0.395 e. The van der Waals surface area contributed by atoms with Gasteiger partial charge in [0.1, 0.15) is 6.23 Å². The monoisotopic (exact) mass is 363 g/mol. The third-order valence-electron chi connectivity index (χ3n) is 5.96. The molecule has 1 heterocycles. The summed E-state index contributed by atoms with van der Waals surface area (Å²) in [4.78, 5) is 0. The molecule has 0 aromatic heterocycles. The molecule has 0 bridgehead atoms. The molecule has 0 spiro atoms. The minimum absolute atomic E-state index is 0.00186. The topological polar surface area (TPSA) is 61.7 Å². The van der Waals surface area contributed by atoms with Gasteiger partial charge in [0.2, 0.25) is 0 Å². The van der Waals surface area contributed by atoms with Crippen molar-refractivity contribution in [3.05, 3.63) is 34.9 Å². The molecule has 2 rings (SSSR count). The predicted molar refractivity (Wildman–Crippen MR) is 106 cm³/mol. The maximum Gasteiger partial charge on any atom is 0.134 e. The van der Waals surface area contributed by atoms with Gasteiger partial charge in [0, 0.05) is 5.41 Å². The Hall–Kier alpha value is -0.940. The zero-order valence-corrected chi connectivity index (χ0v) is 17.5. The Balaban J connectivity index is 2.39. The number of hydrogen-bond acceptors (Lipinski definition) is 4. The first-order valence-electron chi connectivity index (χ1n) is 9.83. The summed E-state index contributed by atoms with van der Waals surface area (Å²) in [7, 11) is 0. The SMILES string of the molecule is CCC(O)(CC)[C@@H]1CO[C@@H](c2cc(C(C)(C)C)cc(C(C)(C)CO)c2)N1. The smallest absolute Gasteiger partial charge is 0.134 e. The average Bonchev–Trinajstić information content (AvgIpc) is 3.10. The summed E-state index contributed by atoms with van der Waals surface area (Å²) < 4.78 is 6.04. The van der Waals surface area contributed by atoms with E-state index in [-0.39, 0.29) is 29.7 Å². The van der Waals surface area contributed by atoms with Gasteiger partial charge in [0.25, 0.3) is 0 Å². The second-order valence-corrected chi connectivity index (χ2v) is 9.38. The van der Waals surface area contributed by atoms with Gasteiger partial charge >= 0.3 is 0 Å². The van der Waals surface area contributed by atoms with Crippen molar-refractivity contribution < 1.29 is 14.9 Å². The maximum atomic E-state index is 10.8. The normalized spacial score (nSPS) is 22.0. The van der Waals surface area contributed by atoms with Gasteiger partial charge in [-0.25, -0.2) is 0 Å². The van der Waals surface area contributed by atoms with E-state index in [9.17, 15) is 10.2 Å². The van der Waals surface area contributed by atoms with Crippen molar-refractivity contribution in [1.29, 1.82) is 0 Å². The van der Waals surface area contributed by atoms with Crippen LogP contribution in [-0.2, 0) is 15.6 Å². The van der Waals surface area contributed by atoms with Crippen LogP contribution in [0.15, 0.2) is 18.2 Å². The van der Waals surface area contributed by atoms with Crippen LogP contribution >= 0.6 is 0 Å². The molecule has 148 valence electrons. The fourth-order valence-electron chi connectivity index (χ4n) is 3.43. The van der Waals surface area contributed by atoms with Gasteiger partial charge in [-0.05, 0) is 34.9 Å². The van der Waals surface area contributed by atoms with Gasteiger partial charge in [-0.3, -0.25) is 5.32 Å². The van der Waals surface area contributed by atoms with Crippen molar-refractivity contribution in [3.8, 4) is 0 Å². The van der Waals surface area contributed by atoms with Crippen molar-refractivity contribution in [1.82, 2.24) is 5.32 Å². The molecule has 1 saturated heterocycles. The number of ether oxygens (including phenoxy) is 1.